The van der Waals surface area contributed by atoms with Crippen molar-refractivity contribution < 1.29 is 9.90 Å². The van der Waals surface area contributed by atoms with Crippen LogP contribution in [-0.2, 0) is 4.79 Å². The van der Waals surface area contributed by atoms with Gasteiger partial charge in [-0.25, -0.2) is 0 Å². The number of aliphatic hydroxyl groups excluding tert-OH is 1. The molecule has 1 aliphatic carbocycles. The molecule has 1 unspecified atom stereocenters. The molecule has 0 aromatic heterocycles. The molecule has 1 aliphatic rings. The van der Waals surface area contributed by atoms with Gasteiger partial charge in [-0.15, -0.1) is 0 Å². The monoisotopic (exact) mass is 224 g/mol. The SMILES string of the molecule is CC1=CC(=O)CC1(C)CCCC(C)(C)CO. The summed E-state index contributed by atoms with van der Waals surface area (Å²) in [7, 11) is 0. The van der Waals surface area contributed by atoms with Crippen molar-refractivity contribution in [2.45, 2.75) is 53.4 Å². The average Bonchev–Trinajstić information content (AvgIpc) is 2.40. The Morgan fingerprint density at radius 1 is 1.50 bits per heavy atom. The van der Waals surface area contributed by atoms with E-state index < -0.39 is 0 Å². The normalized spacial score (nSPS) is 26.1. The van der Waals surface area contributed by atoms with Crippen molar-refractivity contribution in [2.24, 2.45) is 10.8 Å². The van der Waals surface area contributed by atoms with Crippen LogP contribution in [0.15, 0.2) is 11.6 Å². The maximum Gasteiger partial charge on any atom is 0.156 e. The Balaban J connectivity index is 2.45. The Bertz CT molecular complexity index is 302. The molecule has 0 bridgehead atoms. The van der Waals surface area contributed by atoms with Gasteiger partial charge in [0.2, 0.25) is 0 Å². The highest BCUT2D eigenvalue weighted by Gasteiger charge is 2.34. The standard InChI is InChI=1S/C14H24O2/c1-11-8-12(16)9-14(11,4)7-5-6-13(2,3)10-15/h8,15H,5-7,9-10H2,1-4H3. The Morgan fingerprint density at radius 3 is 2.56 bits per heavy atom. The quantitative estimate of drug-likeness (QED) is 0.779. The summed E-state index contributed by atoms with van der Waals surface area (Å²) >= 11 is 0. The second-order valence-electron chi connectivity index (χ2n) is 6.21. The van der Waals surface area contributed by atoms with Gasteiger partial charge in [0.05, 0.1) is 0 Å². The fourth-order valence-electron chi connectivity index (χ4n) is 2.31. The lowest BCUT2D eigenvalue weighted by Gasteiger charge is -2.28. The van der Waals surface area contributed by atoms with Gasteiger partial charge >= 0.3 is 0 Å². The second kappa shape index (κ2) is 4.70. The molecule has 0 aromatic rings. The van der Waals surface area contributed by atoms with Gasteiger partial charge in [-0.3, -0.25) is 4.79 Å². The largest absolute Gasteiger partial charge is 0.396 e. The fourth-order valence-corrected chi connectivity index (χ4v) is 2.31. The third-order valence-corrected chi connectivity index (χ3v) is 3.90. The van der Waals surface area contributed by atoms with E-state index in [0.717, 1.165) is 19.3 Å². The number of hydrogen-bond donors (Lipinski definition) is 1. The molecule has 1 N–H and O–H groups in total. The second-order valence-corrected chi connectivity index (χ2v) is 6.21. The number of rotatable bonds is 5. The molecule has 0 saturated carbocycles. The highest BCUT2D eigenvalue weighted by molar-refractivity contribution is 5.94. The summed E-state index contributed by atoms with van der Waals surface area (Å²) in [5.41, 5.74) is 1.30. The molecule has 0 saturated heterocycles. The summed E-state index contributed by atoms with van der Waals surface area (Å²) in [6.07, 6.45) is 5.59. The molecule has 92 valence electrons. The summed E-state index contributed by atoms with van der Waals surface area (Å²) < 4.78 is 0. The summed E-state index contributed by atoms with van der Waals surface area (Å²) in [6, 6.07) is 0. The zero-order chi connectivity index (χ0) is 12.4. The molecule has 0 spiro atoms. The van der Waals surface area contributed by atoms with Crippen molar-refractivity contribution in [3.05, 3.63) is 11.6 Å². The van der Waals surface area contributed by atoms with E-state index in [9.17, 15) is 9.90 Å². The van der Waals surface area contributed by atoms with E-state index in [2.05, 4.69) is 27.7 Å². The lowest BCUT2D eigenvalue weighted by molar-refractivity contribution is -0.115. The van der Waals surface area contributed by atoms with Gasteiger partial charge < -0.3 is 5.11 Å². The molecule has 1 atom stereocenters. The Hall–Kier alpha value is -0.630. The molecular weight excluding hydrogens is 200 g/mol. The maximum absolute atomic E-state index is 11.4. The summed E-state index contributed by atoms with van der Waals surface area (Å²) in [6.45, 7) is 8.63. The van der Waals surface area contributed by atoms with Crippen LogP contribution in [0.3, 0.4) is 0 Å². The number of allylic oxidation sites excluding steroid dienone is 2. The zero-order valence-electron chi connectivity index (χ0n) is 11.0. The summed E-state index contributed by atoms with van der Waals surface area (Å²) in [5, 5.41) is 9.18. The van der Waals surface area contributed by atoms with E-state index in [1.807, 2.05) is 0 Å². The van der Waals surface area contributed by atoms with E-state index in [0.29, 0.717) is 6.42 Å². The average molecular weight is 224 g/mol. The molecule has 16 heavy (non-hydrogen) atoms. The predicted molar refractivity (Wildman–Crippen MR) is 66.2 cm³/mol. The Morgan fingerprint density at radius 2 is 2.12 bits per heavy atom. The first-order chi connectivity index (χ1) is 7.29. The third-order valence-electron chi connectivity index (χ3n) is 3.90. The van der Waals surface area contributed by atoms with E-state index >= 15 is 0 Å². The minimum Gasteiger partial charge on any atom is -0.396 e. The summed E-state index contributed by atoms with van der Waals surface area (Å²) in [4.78, 5) is 11.4. The first-order valence-electron chi connectivity index (χ1n) is 6.12. The van der Waals surface area contributed by atoms with Crippen molar-refractivity contribution in [1.82, 2.24) is 0 Å². The molecule has 0 radical (unpaired) electrons. The van der Waals surface area contributed by atoms with E-state index in [-0.39, 0.29) is 23.2 Å². The highest BCUT2D eigenvalue weighted by Crippen LogP contribution is 2.41. The van der Waals surface area contributed by atoms with Crippen LogP contribution in [0, 0.1) is 10.8 Å². The van der Waals surface area contributed by atoms with Crippen LogP contribution in [-0.4, -0.2) is 17.5 Å². The minimum atomic E-state index is 0.0105. The van der Waals surface area contributed by atoms with Gasteiger partial charge in [0, 0.05) is 13.0 Å². The van der Waals surface area contributed by atoms with Gasteiger partial charge in [-0.05, 0) is 36.7 Å². The molecule has 0 aromatic carbocycles. The van der Waals surface area contributed by atoms with Crippen LogP contribution >= 0.6 is 0 Å². The van der Waals surface area contributed by atoms with Gasteiger partial charge in [0.15, 0.2) is 5.78 Å². The Labute approximate surface area is 98.7 Å². The molecule has 1 rings (SSSR count). The first-order valence-corrected chi connectivity index (χ1v) is 6.12. The van der Waals surface area contributed by atoms with Crippen molar-refractivity contribution >= 4 is 5.78 Å². The zero-order valence-corrected chi connectivity index (χ0v) is 11.0. The van der Waals surface area contributed by atoms with Crippen LogP contribution < -0.4 is 0 Å². The van der Waals surface area contributed by atoms with Gasteiger partial charge in [-0.2, -0.15) is 0 Å². The lowest BCUT2D eigenvalue weighted by atomic mass is 9.77. The van der Waals surface area contributed by atoms with E-state index in [1.165, 1.54) is 5.57 Å². The van der Waals surface area contributed by atoms with Crippen molar-refractivity contribution in [3.8, 4) is 0 Å². The molecule has 2 heteroatoms. The minimum absolute atomic E-state index is 0.0105. The van der Waals surface area contributed by atoms with Gasteiger partial charge in [0.1, 0.15) is 0 Å². The number of ketones is 1. The number of carbonyl (C=O) groups excluding carboxylic acids is 1. The molecule has 0 aliphatic heterocycles. The Kier molecular flexibility index (Phi) is 3.95. The molecule has 0 heterocycles. The summed E-state index contributed by atoms with van der Waals surface area (Å²) in [5.74, 6) is 0.265. The first kappa shape index (κ1) is 13.4. The van der Waals surface area contributed by atoms with Crippen molar-refractivity contribution in [3.63, 3.8) is 0 Å². The third kappa shape index (κ3) is 3.18. The van der Waals surface area contributed by atoms with Crippen LogP contribution in [0.2, 0.25) is 0 Å². The van der Waals surface area contributed by atoms with E-state index in [4.69, 9.17) is 0 Å². The molecule has 2 nitrogen and oxygen atoms in total. The fraction of sp³-hybridized carbons (Fsp3) is 0.786. The smallest absolute Gasteiger partial charge is 0.156 e. The van der Waals surface area contributed by atoms with Crippen LogP contribution in [0.1, 0.15) is 53.4 Å². The lowest BCUT2D eigenvalue weighted by Crippen LogP contribution is -2.20. The topological polar surface area (TPSA) is 37.3 Å². The van der Waals surface area contributed by atoms with Crippen molar-refractivity contribution in [1.29, 1.82) is 0 Å². The van der Waals surface area contributed by atoms with Crippen LogP contribution in [0.25, 0.3) is 0 Å². The molecule has 0 fully saturated rings. The van der Waals surface area contributed by atoms with Crippen LogP contribution in [0.5, 0.6) is 0 Å². The van der Waals surface area contributed by atoms with E-state index in [1.54, 1.807) is 6.08 Å². The van der Waals surface area contributed by atoms with Crippen LogP contribution in [0.4, 0.5) is 0 Å². The van der Waals surface area contributed by atoms with Crippen molar-refractivity contribution in [2.75, 3.05) is 6.61 Å². The predicted octanol–water partition coefficient (Wildman–Crippen LogP) is 3.10. The molecular formula is C14H24O2. The number of hydrogen-bond acceptors (Lipinski definition) is 2. The number of carbonyl (C=O) groups is 1. The molecule has 0 amide bonds. The van der Waals surface area contributed by atoms with Gasteiger partial charge in [-0.1, -0.05) is 32.8 Å². The maximum atomic E-state index is 11.4. The van der Waals surface area contributed by atoms with Gasteiger partial charge in [0.25, 0.3) is 0 Å². The highest BCUT2D eigenvalue weighted by atomic mass is 16.3. The number of aliphatic hydroxyl groups is 1.